The zero-order valence-corrected chi connectivity index (χ0v) is 20.1. The molecule has 32 heavy (non-hydrogen) atoms. The molecule has 0 radical (unpaired) electrons. The van der Waals surface area contributed by atoms with Gasteiger partial charge >= 0.3 is 0 Å². The first-order valence-corrected chi connectivity index (χ1v) is 12.4. The summed E-state index contributed by atoms with van der Waals surface area (Å²) in [4.78, 5) is 21.6. The van der Waals surface area contributed by atoms with Crippen LogP contribution in [-0.4, -0.2) is 50.4 Å². The van der Waals surface area contributed by atoms with Crippen molar-refractivity contribution in [3.63, 3.8) is 0 Å². The molecule has 0 spiro atoms. The summed E-state index contributed by atoms with van der Waals surface area (Å²) in [6.07, 6.45) is 0. The number of hydrogen-bond acceptors (Lipinski definition) is 8. The Morgan fingerprint density at radius 2 is 1.94 bits per heavy atom. The lowest BCUT2D eigenvalue weighted by atomic mass is 10.2. The van der Waals surface area contributed by atoms with Gasteiger partial charge in [-0.3, -0.25) is 4.79 Å². The van der Waals surface area contributed by atoms with Gasteiger partial charge in [0.05, 0.1) is 48.4 Å². The SMILES string of the molecule is CCOc1cc(N2CCOCC2)c(OCC)cc1NC(=O)c1sc(-c2cccs2)nc1C. The minimum Gasteiger partial charge on any atom is -0.492 e. The second-order valence-corrected chi connectivity index (χ2v) is 9.09. The van der Waals surface area contributed by atoms with Crippen LogP contribution >= 0.6 is 22.7 Å². The van der Waals surface area contributed by atoms with Gasteiger partial charge in [0, 0.05) is 25.2 Å². The van der Waals surface area contributed by atoms with E-state index in [1.165, 1.54) is 11.3 Å². The van der Waals surface area contributed by atoms with Crippen molar-refractivity contribution in [3.05, 3.63) is 40.2 Å². The molecule has 0 bridgehead atoms. The van der Waals surface area contributed by atoms with Gasteiger partial charge in [-0.2, -0.15) is 0 Å². The van der Waals surface area contributed by atoms with E-state index in [0.717, 1.165) is 28.7 Å². The molecule has 1 fully saturated rings. The van der Waals surface area contributed by atoms with E-state index < -0.39 is 0 Å². The number of thiazole rings is 1. The zero-order valence-electron chi connectivity index (χ0n) is 18.5. The van der Waals surface area contributed by atoms with Gasteiger partial charge in [0.1, 0.15) is 21.4 Å². The number of aromatic nitrogens is 1. The number of carbonyl (C=O) groups excluding carboxylic acids is 1. The molecule has 2 aromatic heterocycles. The standard InChI is InChI=1S/C23H27N3O4S2/c1-4-29-18-14-17(26-8-10-28-11-9-26)19(30-5-2)13-16(18)25-22(27)21-15(3)24-23(32-21)20-7-6-12-31-20/h6-7,12-14H,4-5,8-11H2,1-3H3,(H,25,27). The second kappa shape index (κ2) is 10.3. The van der Waals surface area contributed by atoms with Gasteiger partial charge in [-0.15, -0.1) is 22.7 Å². The molecule has 7 nitrogen and oxygen atoms in total. The molecule has 1 aliphatic heterocycles. The summed E-state index contributed by atoms with van der Waals surface area (Å²) in [5.41, 5.74) is 2.25. The van der Waals surface area contributed by atoms with Crippen molar-refractivity contribution in [1.29, 1.82) is 0 Å². The maximum Gasteiger partial charge on any atom is 0.267 e. The van der Waals surface area contributed by atoms with Gasteiger partial charge < -0.3 is 24.4 Å². The highest BCUT2D eigenvalue weighted by Gasteiger charge is 2.22. The van der Waals surface area contributed by atoms with Gasteiger partial charge in [-0.05, 0) is 32.2 Å². The Morgan fingerprint density at radius 3 is 2.62 bits per heavy atom. The van der Waals surface area contributed by atoms with Gasteiger partial charge in [0.15, 0.2) is 0 Å². The van der Waals surface area contributed by atoms with Crippen LogP contribution in [0.4, 0.5) is 11.4 Å². The first-order chi connectivity index (χ1) is 15.6. The first kappa shape index (κ1) is 22.6. The Kier molecular flexibility index (Phi) is 7.29. The number of morpholine rings is 1. The Labute approximate surface area is 196 Å². The Morgan fingerprint density at radius 1 is 1.19 bits per heavy atom. The van der Waals surface area contributed by atoms with Crippen LogP contribution in [0.5, 0.6) is 11.5 Å². The summed E-state index contributed by atoms with van der Waals surface area (Å²) in [6, 6.07) is 7.80. The van der Waals surface area contributed by atoms with E-state index in [0.29, 0.717) is 54.2 Å². The van der Waals surface area contributed by atoms with Crippen molar-refractivity contribution in [1.82, 2.24) is 4.98 Å². The van der Waals surface area contributed by atoms with E-state index >= 15 is 0 Å². The average Bonchev–Trinajstić information content (AvgIpc) is 3.46. The average molecular weight is 474 g/mol. The van der Waals surface area contributed by atoms with Crippen molar-refractivity contribution in [2.24, 2.45) is 0 Å². The minimum absolute atomic E-state index is 0.203. The quantitative estimate of drug-likeness (QED) is 0.493. The minimum atomic E-state index is -0.203. The third kappa shape index (κ3) is 4.90. The normalized spacial score (nSPS) is 13.8. The lowest BCUT2D eigenvalue weighted by molar-refractivity contribution is 0.102. The van der Waals surface area contributed by atoms with E-state index in [-0.39, 0.29) is 5.91 Å². The zero-order chi connectivity index (χ0) is 22.5. The van der Waals surface area contributed by atoms with Crippen LogP contribution in [0.1, 0.15) is 29.2 Å². The number of benzene rings is 1. The molecular formula is C23H27N3O4S2. The van der Waals surface area contributed by atoms with E-state index in [2.05, 4.69) is 15.2 Å². The summed E-state index contributed by atoms with van der Waals surface area (Å²) in [7, 11) is 0. The van der Waals surface area contributed by atoms with E-state index in [9.17, 15) is 4.79 Å². The monoisotopic (exact) mass is 473 g/mol. The van der Waals surface area contributed by atoms with Crippen LogP contribution in [0.2, 0.25) is 0 Å². The molecule has 4 rings (SSSR count). The number of carbonyl (C=O) groups is 1. The number of aryl methyl sites for hydroxylation is 1. The molecule has 0 unspecified atom stereocenters. The molecule has 1 N–H and O–H groups in total. The van der Waals surface area contributed by atoms with E-state index in [1.54, 1.807) is 11.3 Å². The summed E-state index contributed by atoms with van der Waals surface area (Å²) in [5.74, 6) is 1.13. The van der Waals surface area contributed by atoms with Crippen LogP contribution in [-0.2, 0) is 4.74 Å². The van der Waals surface area contributed by atoms with Crippen LogP contribution in [0.15, 0.2) is 29.6 Å². The number of nitrogens with zero attached hydrogens (tertiary/aromatic N) is 2. The topological polar surface area (TPSA) is 72.9 Å². The molecule has 3 aromatic rings. The highest BCUT2D eigenvalue weighted by molar-refractivity contribution is 7.22. The van der Waals surface area contributed by atoms with Crippen molar-refractivity contribution in [3.8, 4) is 21.4 Å². The molecule has 9 heteroatoms. The molecule has 0 saturated carbocycles. The van der Waals surface area contributed by atoms with E-state index in [4.69, 9.17) is 14.2 Å². The lowest BCUT2D eigenvalue weighted by Gasteiger charge is -2.31. The molecule has 1 amide bonds. The number of thiophene rings is 1. The fourth-order valence-electron chi connectivity index (χ4n) is 3.54. The number of hydrogen-bond donors (Lipinski definition) is 1. The number of amides is 1. The second-order valence-electron chi connectivity index (χ2n) is 7.15. The maximum atomic E-state index is 13.2. The predicted octanol–water partition coefficient (Wildman–Crippen LogP) is 5.07. The highest BCUT2D eigenvalue weighted by atomic mass is 32.1. The van der Waals surface area contributed by atoms with Crippen LogP contribution in [0.3, 0.4) is 0 Å². The molecular weight excluding hydrogens is 446 g/mol. The molecule has 0 aliphatic carbocycles. The van der Waals surface area contributed by atoms with Crippen LogP contribution in [0.25, 0.3) is 9.88 Å². The molecule has 3 heterocycles. The summed E-state index contributed by atoms with van der Waals surface area (Å²) < 4.78 is 17.3. The molecule has 0 atom stereocenters. The largest absolute Gasteiger partial charge is 0.492 e. The first-order valence-electron chi connectivity index (χ1n) is 10.7. The number of rotatable bonds is 8. The van der Waals surface area contributed by atoms with Crippen molar-refractivity contribution in [2.75, 3.05) is 49.7 Å². The van der Waals surface area contributed by atoms with Gasteiger partial charge in [0.2, 0.25) is 0 Å². The highest BCUT2D eigenvalue weighted by Crippen LogP contribution is 2.40. The Balaban J connectivity index is 1.64. The molecule has 1 saturated heterocycles. The third-order valence-electron chi connectivity index (χ3n) is 5.00. The fourth-order valence-corrected chi connectivity index (χ4v) is 5.29. The Bertz CT molecular complexity index is 1060. The summed E-state index contributed by atoms with van der Waals surface area (Å²) >= 11 is 3.01. The number of nitrogens with one attached hydrogen (secondary N) is 1. The van der Waals surface area contributed by atoms with E-state index in [1.807, 2.05) is 50.4 Å². The van der Waals surface area contributed by atoms with Crippen LogP contribution in [0, 0.1) is 6.92 Å². The Hall–Kier alpha value is -2.62. The molecule has 1 aromatic carbocycles. The van der Waals surface area contributed by atoms with Crippen molar-refractivity contribution >= 4 is 40.0 Å². The summed E-state index contributed by atoms with van der Waals surface area (Å²) in [6.45, 7) is 9.65. The van der Waals surface area contributed by atoms with Gasteiger partial charge in [0.25, 0.3) is 5.91 Å². The van der Waals surface area contributed by atoms with Crippen molar-refractivity contribution in [2.45, 2.75) is 20.8 Å². The fraction of sp³-hybridized carbons (Fsp3) is 0.391. The maximum absolute atomic E-state index is 13.2. The number of anilines is 2. The molecule has 1 aliphatic rings. The third-order valence-corrected chi connectivity index (χ3v) is 7.19. The molecule has 170 valence electrons. The predicted molar refractivity (Wildman–Crippen MR) is 130 cm³/mol. The summed E-state index contributed by atoms with van der Waals surface area (Å²) in [5, 5.41) is 5.88. The van der Waals surface area contributed by atoms with Gasteiger partial charge in [-0.25, -0.2) is 4.98 Å². The van der Waals surface area contributed by atoms with Crippen molar-refractivity contribution < 1.29 is 19.0 Å². The lowest BCUT2D eigenvalue weighted by Crippen LogP contribution is -2.36. The number of ether oxygens (including phenoxy) is 3. The smallest absolute Gasteiger partial charge is 0.267 e. The van der Waals surface area contributed by atoms with Crippen LogP contribution < -0.4 is 19.7 Å². The van der Waals surface area contributed by atoms with Gasteiger partial charge in [-0.1, -0.05) is 6.07 Å².